The number of carbonyl (C=O) groups is 2. The third kappa shape index (κ3) is 2.94. The summed E-state index contributed by atoms with van der Waals surface area (Å²) in [7, 11) is 1.74. The van der Waals surface area contributed by atoms with Gasteiger partial charge in [-0.15, -0.1) is 0 Å². The number of likely N-dealkylation sites (tertiary alicyclic amines) is 1. The van der Waals surface area contributed by atoms with Gasteiger partial charge in [-0.3, -0.25) is 9.59 Å². The zero-order valence-corrected chi connectivity index (χ0v) is 11.4. The fourth-order valence-corrected chi connectivity index (χ4v) is 2.47. The summed E-state index contributed by atoms with van der Waals surface area (Å²) in [5, 5.41) is 0. The molecule has 0 aliphatic carbocycles. The molecule has 19 heavy (non-hydrogen) atoms. The largest absolute Gasteiger partial charge is 0.347 e. The van der Waals surface area contributed by atoms with E-state index in [9.17, 15) is 9.59 Å². The number of carbonyl (C=O) groups excluding carboxylic acids is 2. The van der Waals surface area contributed by atoms with Gasteiger partial charge in [-0.05, 0) is 12.8 Å². The Morgan fingerprint density at radius 1 is 1.63 bits per heavy atom. The molecule has 2 rings (SSSR count). The number of hydrogen-bond acceptors (Lipinski definition) is 3. The van der Waals surface area contributed by atoms with Crippen LogP contribution >= 0.6 is 0 Å². The van der Waals surface area contributed by atoms with Crippen molar-refractivity contribution in [3.8, 4) is 0 Å². The van der Waals surface area contributed by atoms with Gasteiger partial charge in [-0.2, -0.15) is 0 Å². The number of hydrogen-bond donors (Lipinski definition) is 1. The van der Waals surface area contributed by atoms with Crippen molar-refractivity contribution in [3.05, 3.63) is 18.2 Å². The monoisotopic (exact) mass is 264 g/mol. The number of amides is 2. The van der Waals surface area contributed by atoms with Crippen molar-refractivity contribution >= 4 is 11.8 Å². The highest BCUT2D eigenvalue weighted by Crippen LogP contribution is 2.17. The molecule has 0 bridgehead atoms. The van der Waals surface area contributed by atoms with E-state index in [2.05, 4.69) is 9.97 Å². The third-order valence-electron chi connectivity index (χ3n) is 3.48. The standard InChI is InChI=1S/C13H20N4O2/c1-3-10(17-8-4-5-12(17)18)13(19)16(2)9-11-14-6-7-15-11/h6-7,10H,3-5,8-9H2,1-2H3,(H,14,15). The van der Waals surface area contributed by atoms with Crippen molar-refractivity contribution in [2.75, 3.05) is 13.6 Å². The molecule has 2 amide bonds. The van der Waals surface area contributed by atoms with Crippen LogP contribution in [-0.2, 0) is 16.1 Å². The van der Waals surface area contributed by atoms with E-state index >= 15 is 0 Å². The van der Waals surface area contributed by atoms with Gasteiger partial charge < -0.3 is 14.8 Å². The molecule has 1 saturated heterocycles. The lowest BCUT2D eigenvalue weighted by Crippen LogP contribution is -2.47. The number of aromatic amines is 1. The molecule has 1 atom stereocenters. The molecule has 6 nitrogen and oxygen atoms in total. The van der Waals surface area contributed by atoms with Gasteiger partial charge in [0.2, 0.25) is 11.8 Å². The minimum Gasteiger partial charge on any atom is -0.347 e. The van der Waals surface area contributed by atoms with Gasteiger partial charge in [0, 0.05) is 32.4 Å². The summed E-state index contributed by atoms with van der Waals surface area (Å²) in [6, 6.07) is -0.338. The first-order chi connectivity index (χ1) is 9.13. The smallest absolute Gasteiger partial charge is 0.245 e. The number of likely N-dealkylation sites (N-methyl/N-ethyl adjacent to an activating group) is 1. The molecular weight excluding hydrogens is 244 g/mol. The molecule has 1 aromatic heterocycles. The van der Waals surface area contributed by atoms with Gasteiger partial charge in [0.15, 0.2) is 0 Å². The summed E-state index contributed by atoms with van der Waals surface area (Å²) in [6.45, 7) is 3.07. The molecule has 1 aliphatic heterocycles. The molecule has 0 radical (unpaired) electrons. The maximum atomic E-state index is 12.4. The summed E-state index contributed by atoms with van der Waals surface area (Å²) in [4.78, 5) is 34.6. The predicted molar refractivity (Wildman–Crippen MR) is 70.1 cm³/mol. The summed E-state index contributed by atoms with van der Waals surface area (Å²) in [6.07, 6.45) is 5.45. The van der Waals surface area contributed by atoms with Crippen LogP contribution < -0.4 is 0 Å². The van der Waals surface area contributed by atoms with E-state index in [1.165, 1.54) is 0 Å². The van der Waals surface area contributed by atoms with Gasteiger partial charge in [-0.25, -0.2) is 4.98 Å². The summed E-state index contributed by atoms with van der Waals surface area (Å²) < 4.78 is 0. The lowest BCUT2D eigenvalue weighted by atomic mass is 10.1. The lowest BCUT2D eigenvalue weighted by molar-refractivity contribution is -0.143. The van der Waals surface area contributed by atoms with Crippen LogP contribution in [0.5, 0.6) is 0 Å². The average molecular weight is 264 g/mol. The Bertz CT molecular complexity index is 444. The Hall–Kier alpha value is -1.85. The van der Waals surface area contributed by atoms with Gasteiger partial charge >= 0.3 is 0 Å². The molecule has 0 saturated carbocycles. The second-order valence-electron chi connectivity index (χ2n) is 4.84. The number of aromatic nitrogens is 2. The molecule has 104 valence electrons. The van der Waals surface area contributed by atoms with Crippen LogP contribution in [0.1, 0.15) is 32.0 Å². The fraction of sp³-hybridized carbons (Fsp3) is 0.615. The van der Waals surface area contributed by atoms with Crippen LogP contribution in [0.4, 0.5) is 0 Å². The van der Waals surface area contributed by atoms with Gasteiger partial charge in [0.1, 0.15) is 11.9 Å². The Morgan fingerprint density at radius 3 is 2.95 bits per heavy atom. The molecule has 2 heterocycles. The highest BCUT2D eigenvalue weighted by atomic mass is 16.2. The molecule has 6 heteroatoms. The van der Waals surface area contributed by atoms with Crippen LogP contribution in [0.25, 0.3) is 0 Å². The van der Waals surface area contributed by atoms with E-state index in [0.717, 1.165) is 12.2 Å². The molecule has 1 aliphatic rings. The van der Waals surface area contributed by atoms with Crippen LogP contribution in [0.2, 0.25) is 0 Å². The Labute approximate surface area is 112 Å². The Morgan fingerprint density at radius 2 is 2.42 bits per heavy atom. The van der Waals surface area contributed by atoms with Crippen molar-refractivity contribution in [2.45, 2.75) is 38.8 Å². The van der Waals surface area contributed by atoms with E-state index in [0.29, 0.717) is 25.9 Å². The highest BCUT2D eigenvalue weighted by Gasteiger charge is 2.33. The van der Waals surface area contributed by atoms with Crippen molar-refractivity contribution in [2.24, 2.45) is 0 Å². The molecule has 1 fully saturated rings. The first-order valence-electron chi connectivity index (χ1n) is 6.66. The van der Waals surface area contributed by atoms with Crippen LogP contribution in [0.15, 0.2) is 12.4 Å². The SMILES string of the molecule is CCC(C(=O)N(C)Cc1ncc[nH]1)N1CCCC1=O. The minimum atomic E-state index is -0.338. The minimum absolute atomic E-state index is 0.0193. The average Bonchev–Trinajstić information content (AvgIpc) is 3.03. The van der Waals surface area contributed by atoms with Crippen molar-refractivity contribution < 1.29 is 9.59 Å². The van der Waals surface area contributed by atoms with E-state index in [1.54, 1.807) is 29.2 Å². The fourth-order valence-electron chi connectivity index (χ4n) is 2.47. The van der Waals surface area contributed by atoms with Crippen molar-refractivity contribution in [3.63, 3.8) is 0 Å². The number of nitrogens with zero attached hydrogens (tertiary/aromatic N) is 3. The summed E-state index contributed by atoms with van der Waals surface area (Å²) >= 11 is 0. The summed E-state index contributed by atoms with van der Waals surface area (Å²) in [5.41, 5.74) is 0. The molecule has 1 aromatic rings. The van der Waals surface area contributed by atoms with Gasteiger partial charge in [0.25, 0.3) is 0 Å². The Balaban J connectivity index is 2.01. The molecule has 1 N–H and O–H groups in total. The second-order valence-corrected chi connectivity index (χ2v) is 4.84. The Kier molecular flexibility index (Phi) is 4.19. The van der Waals surface area contributed by atoms with Gasteiger partial charge in [-0.1, -0.05) is 6.92 Å². The van der Waals surface area contributed by atoms with Crippen LogP contribution in [-0.4, -0.2) is 51.2 Å². The topological polar surface area (TPSA) is 69.3 Å². The number of imidazole rings is 1. The van der Waals surface area contributed by atoms with E-state index in [1.807, 2.05) is 6.92 Å². The third-order valence-corrected chi connectivity index (χ3v) is 3.48. The van der Waals surface area contributed by atoms with E-state index < -0.39 is 0 Å². The van der Waals surface area contributed by atoms with E-state index in [4.69, 9.17) is 0 Å². The number of rotatable bonds is 5. The first-order valence-corrected chi connectivity index (χ1v) is 6.66. The molecular formula is C13H20N4O2. The molecule has 0 aromatic carbocycles. The zero-order valence-electron chi connectivity index (χ0n) is 11.4. The van der Waals surface area contributed by atoms with Crippen molar-refractivity contribution in [1.29, 1.82) is 0 Å². The van der Waals surface area contributed by atoms with Crippen LogP contribution in [0, 0.1) is 0 Å². The number of H-pyrrole nitrogens is 1. The maximum Gasteiger partial charge on any atom is 0.245 e. The second kappa shape index (κ2) is 5.86. The first kappa shape index (κ1) is 13.6. The quantitative estimate of drug-likeness (QED) is 0.854. The normalized spacial score (nSPS) is 16.7. The van der Waals surface area contributed by atoms with E-state index in [-0.39, 0.29) is 17.9 Å². The maximum absolute atomic E-state index is 12.4. The van der Waals surface area contributed by atoms with Crippen LogP contribution in [0.3, 0.4) is 0 Å². The zero-order chi connectivity index (χ0) is 13.8. The summed E-state index contributed by atoms with van der Waals surface area (Å²) in [5.74, 6) is 0.819. The predicted octanol–water partition coefficient (Wildman–Crippen LogP) is 0.769. The molecule has 1 unspecified atom stereocenters. The highest BCUT2D eigenvalue weighted by molar-refractivity contribution is 5.88. The molecule has 0 spiro atoms. The lowest BCUT2D eigenvalue weighted by Gasteiger charge is -2.29. The van der Waals surface area contributed by atoms with Gasteiger partial charge in [0.05, 0.1) is 6.54 Å². The number of nitrogens with one attached hydrogen (secondary N) is 1. The van der Waals surface area contributed by atoms with Crippen molar-refractivity contribution in [1.82, 2.24) is 19.8 Å².